The van der Waals surface area contributed by atoms with Crippen molar-refractivity contribution in [3.05, 3.63) is 62.6 Å². The van der Waals surface area contributed by atoms with Crippen molar-refractivity contribution in [3.8, 4) is 0 Å². The molecule has 4 heteroatoms. The standard InChI is InChI=1S/C14H12Cl3N/c1-9-6-13(17)14(7-12(9)16)18-8-10-2-4-11(15)5-3-10/h2-7,18H,8H2,1H3. The van der Waals surface area contributed by atoms with Gasteiger partial charge in [-0.05, 0) is 42.3 Å². The molecule has 1 N–H and O–H groups in total. The Balaban J connectivity index is 2.10. The van der Waals surface area contributed by atoms with Crippen molar-refractivity contribution in [2.24, 2.45) is 0 Å². The van der Waals surface area contributed by atoms with Crippen molar-refractivity contribution >= 4 is 40.5 Å². The number of hydrogen-bond donors (Lipinski definition) is 1. The molecule has 0 saturated heterocycles. The minimum atomic E-state index is 0.672. The summed E-state index contributed by atoms with van der Waals surface area (Å²) in [6.45, 7) is 2.60. The first-order chi connectivity index (χ1) is 8.56. The number of halogens is 3. The number of anilines is 1. The molecule has 0 radical (unpaired) electrons. The molecular weight excluding hydrogens is 289 g/mol. The second-order valence-corrected chi connectivity index (χ2v) is 5.31. The van der Waals surface area contributed by atoms with Crippen LogP contribution in [0.15, 0.2) is 36.4 Å². The zero-order chi connectivity index (χ0) is 13.1. The molecule has 0 saturated carbocycles. The van der Waals surface area contributed by atoms with Crippen molar-refractivity contribution in [1.29, 1.82) is 0 Å². The topological polar surface area (TPSA) is 12.0 Å². The maximum Gasteiger partial charge on any atom is 0.0641 e. The number of aryl methyl sites for hydroxylation is 1. The summed E-state index contributed by atoms with van der Waals surface area (Å²) in [5.74, 6) is 0. The molecule has 0 heterocycles. The molecular formula is C14H12Cl3N. The first kappa shape index (κ1) is 13.5. The largest absolute Gasteiger partial charge is 0.380 e. The van der Waals surface area contributed by atoms with Crippen molar-refractivity contribution in [1.82, 2.24) is 0 Å². The van der Waals surface area contributed by atoms with Crippen LogP contribution in [-0.2, 0) is 6.54 Å². The van der Waals surface area contributed by atoms with Crippen molar-refractivity contribution in [3.63, 3.8) is 0 Å². The van der Waals surface area contributed by atoms with Gasteiger partial charge in [-0.3, -0.25) is 0 Å². The molecule has 0 aliphatic rings. The average molecular weight is 301 g/mol. The van der Waals surface area contributed by atoms with Gasteiger partial charge in [0, 0.05) is 16.6 Å². The van der Waals surface area contributed by atoms with E-state index >= 15 is 0 Å². The number of hydrogen-bond acceptors (Lipinski definition) is 1. The smallest absolute Gasteiger partial charge is 0.0641 e. The zero-order valence-corrected chi connectivity index (χ0v) is 12.1. The van der Waals surface area contributed by atoms with E-state index in [4.69, 9.17) is 34.8 Å². The van der Waals surface area contributed by atoms with E-state index in [-0.39, 0.29) is 0 Å². The van der Waals surface area contributed by atoms with E-state index in [0.29, 0.717) is 16.6 Å². The first-order valence-electron chi connectivity index (χ1n) is 5.50. The lowest BCUT2D eigenvalue weighted by atomic mass is 10.2. The van der Waals surface area contributed by atoms with Crippen molar-refractivity contribution in [2.45, 2.75) is 13.5 Å². The molecule has 0 aliphatic carbocycles. The fraction of sp³-hybridized carbons (Fsp3) is 0.143. The summed E-state index contributed by atoms with van der Waals surface area (Å²) in [7, 11) is 0. The number of benzene rings is 2. The van der Waals surface area contributed by atoms with Gasteiger partial charge in [0.05, 0.1) is 10.7 Å². The molecule has 2 aromatic carbocycles. The van der Waals surface area contributed by atoms with Crippen LogP contribution in [0.1, 0.15) is 11.1 Å². The fourth-order valence-electron chi connectivity index (χ4n) is 1.58. The molecule has 0 unspecified atom stereocenters. The molecule has 94 valence electrons. The van der Waals surface area contributed by atoms with E-state index in [9.17, 15) is 0 Å². The van der Waals surface area contributed by atoms with Crippen LogP contribution in [0.5, 0.6) is 0 Å². The molecule has 2 rings (SSSR count). The maximum absolute atomic E-state index is 6.15. The van der Waals surface area contributed by atoms with Gasteiger partial charge < -0.3 is 5.32 Å². The van der Waals surface area contributed by atoms with Crippen molar-refractivity contribution in [2.75, 3.05) is 5.32 Å². The zero-order valence-electron chi connectivity index (χ0n) is 9.81. The third-order valence-electron chi connectivity index (χ3n) is 2.64. The third kappa shape index (κ3) is 3.32. The normalized spacial score (nSPS) is 10.4. The van der Waals surface area contributed by atoms with Gasteiger partial charge in [-0.1, -0.05) is 46.9 Å². The lowest BCUT2D eigenvalue weighted by Gasteiger charge is -2.10. The minimum Gasteiger partial charge on any atom is -0.380 e. The van der Waals surface area contributed by atoms with Crippen LogP contribution in [0.4, 0.5) is 5.69 Å². The Kier molecular flexibility index (Phi) is 4.39. The molecule has 1 nitrogen and oxygen atoms in total. The maximum atomic E-state index is 6.15. The van der Waals surface area contributed by atoms with Gasteiger partial charge in [0.2, 0.25) is 0 Å². The Hall–Kier alpha value is -0.890. The van der Waals surface area contributed by atoms with Crippen LogP contribution >= 0.6 is 34.8 Å². The monoisotopic (exact) mass is 299 g/mol. The van der Waals surface area contributed by atoms with Crippen LogP contribution < -0.4 is 5.32 Å². The van der Waals surface area contributed by atoms with Crippen LogP contribution in [0, 0.1) is 6.92 Å². The summed E-state index contributed by atoms with van der Waals surface area (Å²) in [4.78, 5) is 0. The Morgan fingerprint density at radius 3 is 2.28 bits per heavy atom. The first-order valence-corrected chi connectivity index (χ1v) is 6.63. The SMILES string of the molecule is Cc1cc(Cl)c(NCc2ccc(Cl)cc2)cc1Cl. The molecule has 0 amide bonds. The lowest BCUT2D eigenvalue weighted by Crippen LogP contribution is -2.00. The van der Waals surface area contributed by atoms with Gasteiger partial charge in [-0.15, -0.1) is 0 Å². The summed E-state index contributed by atoms with van der Waals surface area (Å²) < 4.78 is 0. The fourth-order valence-corrected chi connectivity index (χ4v) is 2.16. The summed E-state index contributed by atoms with van der Waals surface area (Å²) >= 11 is 18.1. The van der Waals surface area contributed by atoms with Gasteiger partial charge in [0.25, 0.3) is 0 Å². The Labute approximate surface area is 122 Å². The molecule has 18 heavy (non-hydrogen) atoms. The number of rotatable bonds is 3. The predicted octanol–water partition coefficient (Wildman–Crippen LogP) is 5.57. The van der Waals surface area contributed by atoms with E-state index in [1.54, 1.807) is 0 Å². The molecule has 0 aromatic heterocycles. The third-order valence-corrected chi connectivity index (χ3v) is 3.62. The summed E-state index contributed by atoms with van der Waals surface area (Å²) in [5, 5.41) is 5.37. The Morgan fingerprint density at radius 2 is 1.61 bits per heavy atom. The Morgan fingerprint density at radius 1 is 0.944 bits per heavy atom. The summed E-state index contributed by atoms with van der Waals surface area (Å²) in [5.41, 5.74) is 2.94. The highest BCUT2D eigenvalue weighted by atomic mass is 35.5. The van der Waals surface area contributed by atoms with Crippen LogP contribution in [0.2, 0.25) is 15.1 Å². The highest BCUT2D eigenvalue weighted by Crippen LogP contribution is 2.29. The van der Waals surface area contributed by atoms with Gasteiger partial charge >= 0.3 is 0 Å². The molecule has 0 spiro atoms. The summed E-state index contributed by atoms with van der Waals surface area (Å²) in [6, 6.07) is 11.4. The Bertz CT molecular complexity index is 550. The van der Waals surface area contributed by atoms with Gasteiger partial charge in [0.1, 0.15) is 0 Å². The molecule has 2 aromatic rings. The molecule has 0 bridgehead atoms. The lowest BCUT2D eigenvalue weighted by molar-refractivity contribution is 1.15. The van der Waals surface area contributed by atoms with Crippen LogP contribution in [0.3, 0.4) is 0 Å². The quantitative estimate of drug-likeness (QED) is 0.781. The van der Waals surface area contributed by atoms with Crippen LogP contribution in [-0.4, -0.2) is 0 Å². The second kappa shape index (κ2) is 5.83. The molecule has 0 aliphatic heterocycles. The highest BCUT2D eigenvalue weighted by Gasteiger charge is 2.04. The van der Waals surface area contributed by atoms with Gasteiger partial charge in [0.15, 0.2) is 0 Å². The van der Waals surface area contributed by atoms with E-state index < -0.39 is 0 Å². The van der Waals surface area contributed by atoms with Crippen molar-refractivity contribution < 1.29 is 0 Å². The predicted molar refractivity (Wildman–Crippen MR) is 80.0 cm³/mol. The molecule has 0 atom stereocenters. The van der Waals surface area contributed by atoms with Gasteiger partial charge in [-0.2, -0.15) is 0 Å². The van der Waals surface area contributed by atoms with E-state index in [2.05, 4.69) is 5.32 Å². The van der Waals surface area contributed by atoms with E-state index in [1.165, 1.54) is 0 Å². The molecule has 0 fully saturated rings. The highest BCUT2D eigenvalue weighted by molar-refractivity contribution is 6.35. The van der Waals surface area contributed by atoms with E-state index in [1.807, 2.05) is 43.3 Å². The van der Waals surface area contributed by atoms with E-state index in [0.717, 1.165) is 21.8 Å². The summed E-state index contributed by atoms with van der Waals surface area (Å²) in [6.07, 6.45) is 0. The van der Waals surface area contributed by atoms with Gasteiger partial charge in [-0.25, -0.2) is 0 Å². The number of nitrogens with one attached hydrogen (secondary N) is 1. The minimum absolute atomic E-state index is 0.672. The second-order valence-electron chi connectivity index (χ2n) is 4.06. The average Bonchev–Trinajstić information content (AvgIpc) is 2.34. The van der Waals surface area contributed by atoms with Crippen LogP contribution in [0.25, 0.3) is 0 Å².